The molecule has 2 aromatic rings. The zero-order valence-electron chi connectivity index (χ0n) is 12.7. The normalized spacial score (nSPS) is 14.8. The molecule has 1 aliphatic rings. The average molecular weight is 315 g/mol. The number of halogens is 1. The molecule has 0 unspecified atom stereocenters. The highest BCUT2D eigenvalue weighted by Crippen LogP contribution is 2.17. The highest BCUT2D eigenvalue weighted by Gasteiger charge is 2.21. The van der Waals surface area contributed by atoms with Gasteiger partial charge in [-0.1, -0.05) is 0 Å². The van der Waals surface area contributed by atoms with E-state index in [1.165, 1.54) is 12.1 Å². The molecule has 1 aliphatic heterocycles. The summed E-state index contributed by atoms with van der Waals surface area (Å²) in [7, 11) is 0. The summed E-state index contributed by atoms with van der Waals surface area (Å²) in [4.78, 5) is 27.2. The third-order valence-corrected chi connectivity index (χ3v) is 4.12. The van der Waals surface area contributed by atoms with Gasteiger partial charge < -0.3 is 14.4 Å². The van der Waals surface area contributed by atoms with E-state index in [9.17, 15) is 14.0 Å². The summed E-state index contributed by atoms with van der Waals surface area (Å²) in [6.45, 7) is 2.84. The van der Waals surface area contributed by atoms with E-state index in [0.717, 1.165) is 12.0 Å². The third-order valence-electron chi connectivity index (χ3n) is 4.12. The predicted octanol–water partition coefficient (Wildman–Crippen LogP) is 1.79. The minimum Gasteiger partial charge on any atom is -0.368 e. The molecule has 0 saturated carbocycles. The molecule has 0 N–H and O–H groups in total. The van der Waals surface area contributed by atoms with Gasteiger partial charge in [0.05, 0.1) is 5.69 Å². The lowest BCUT2D eigenvalue weighted by atomic mass is 10.2. The Morgan fingerprint density at radius 1 is 1.09 bits per heavy atom. The van der Waals surface area contributed by atoms with Crippen molar-refractivity contribution >= 4 is 17.9 Å². The molecule has 1 aromatic carbocycles. The number of hydrogen-bond acceptors (Lipinski definition) is 3. The number of hydrogen-bond donors (Lipinski definition) is 0. The van der Waals surface area contributed by atoms with E-state index >= 15 is 0 Å². The van der Waals surface area contributed by atoms with Gasteiger partial charge in [0.25, 0.3) is 0 Å². The second-order valence-electron chi connectivity index (χ2n) is 5.52. The van der Waals surface area contributed by atoms with Gasteiger partial charge in [-0.3, -0.25) is 9.59 Å². The Balaban J connectivity index is 1.57. The van der Waals surface area contributed by atoms with E-state index in [2.05, 4.69) is 4.90 Å². The van der Waals surface area contributed by atoms with Gasteiger partial charge >= 0.3 is 0 Å². The first-order valence-electron chi connectivity index (χ1n) is 7.56. The fraction of sp³-hybridized carbons (Fsp3) is 0.294. The molecule has 3 rings (SSSR count). The van der Waals surface area contributed by atoms with Gasteiger partial charge in [-0.15, -0.1) is 0 Å². The van der Waals surface area contributed by atoms with Crippen molar-refractivity contribution in [3.8, 4) is 0 Å². The highest BCUT2D eigenvalue weighted by molar-refractivity contribution is 5.78. The van der Waals surface area contributed by atoms with Gasteiger partial charge in [0.15, 0.2) is 6.29 Å². The van der Waals surface area contributed by atoms with Gasteiger partial charge in [0, 0.05) is 38.1 Å². The Kier molecular flexibility index (Phi) is 4.41. The molecule has 2 heterocycles. The molecular formula is C17H18FN3O2. The van der Waals surface area contributed by atoms with Crippen LogP contribution in [0.15, 0.2) is 42.6 Å². The largest absolute Gasteiger partial charge is 0.368 e. The summed E-state index contributed by atoms with van der Waals surface area (Å²) in [6, 6.07) is 9.84. The van der Waals surface area contributed by atoms with E-state index < -0.39 is 0 Å². The predicted molar refractivity (Wildman–Crippen MR) is 85.0 cm³/mol. The molecule has 0 radical (unpaired) electrons. The van der Waals surface area contributed by atoms with Gasteiger partial charge in [0.2, 0.25) is 5.91 Å². The fourth-order valence-corrected chi connectivity index (χ4v) is 2.79. The van der Waals surface area contributed by atoms with Crippen LogP contribution in [0.25, 0.3) is 0 Å². The summed E-state index contributed by atoms with van der Waals surface area (Å²) in [5.41, 5.74) is 1.47. The van der Waals surface area contributed by atoms with Crippen LogP contribution in [0.5, 0.6) is 0 Å². The molecular weight excluding hydrogens is 297 g/mol. The van der Waals surface area contributed by atoms with Crippen molar-refractivity contribution in [1.82, 2.24) is 9.47 Å². The SMILES string of the molecule is O=Cc1cccn1CC(=O)N1CCN(c2ccc(F)cc2)CC1. The van der Waals surface area contributed by atoms with E-state index in [1.807, 2.05) is 0 Å². The topological polar surface area (TPSA) is 45.6 Å². The Labute approximate surface area is 133 Å². The molecule has 1 saturated heterocycles. The van der Waals surface area contributed by atoms with Crippen LogP contribution >= 0.6 is 0 Å². The smallest absolute Gasteiger partial charge is 0.242 e. The number of piperazine rings is 1. The number of anilines is 1. The quantitative estimate of drug-likeness (QED) is 0.808. The van der Waals surface area contributed by atoms with E-state index in [0.29, 0.717) is 31.9 Å². The summed E-state index contributed by atoms with van der Waals surface area (Å²) in [5.74, 6) is -0.247. The van der Waals surface area contributed by atoms with Crippen LogP contribution in [-0.4, -0.2) is 47.8 Å². The third kappa shape index (κ3) is 3.41. The molecule has 0 spiro atoms. The van der Waals surface area contributed by atoms with Crippen LogP contribution in [-0.2, 0) is 11.3 Å². The molecule has 1 aromatic heterocycles. The van der Waals surface area contributed by atoms with Crippen LogP contribution in [0.3, 0.4) is 0 Å². The van der Waals surface area contributed by atoms with Crippen LogP contribution in [0.1, 0.15) is 10.5 Å². The van der Waals surface area contributed by atoms with Crippen molar-refractivity contribution in [3.05, 3.63) is 54.1 Å². The number of aldehydes is 1. The van der Waals surface area contributed by atoms with Crippen molar-refractivity contribution in [2.45, 2.75) is 6.54 Å². The zero-order chi connectivity index (χ0) is 16.2. The molecule has 1 amide bonds. The maximum Gasteiger partial charge on any atom is 0.242 e. The molecule has 0 atom stereocenters. The van der Waals surface area contributed by atoms with Gasteiger partial charge in [-0.05, 0) is 36.4 Å². The van der Waals surface area contributed by atoms with Crippen molar-refractivity contribution in [2.75, 3.05) is 31.1 Å². The van der Waals surface area contributed by atoms with Crippen molar-refractivity contribution in [2.24, 2.45) is 0 Å². The Morgan fingerprint density at radius 2 is 1.78 bits per heavy atom. The van der Waals surface area contributed by atoms with Gasteiger partial charge in [-0.2, -0.15) is 0 Å². The maximum absolute atomic E-state index is 13.0. The lowest BCUT2D eigenvalue weighted by Crippen LogP contribution is -2.49. The maximum atomic E-state index is 13.0. The Hall–Kier alpha value is -2.63. The monoisotopic (exact) mass is 315 g/mol. The summed E-state index contributed by atoms with van der Waals surface area (Å²) in [5, 5.41) is 0. The van der Waals surface area contributed by atoms with E-state index in [4.69, 9.17) is 0 Å². The second kappa shape index (κ2) is 6.64. The molecule has 120 valence electrons. The lowest BCUT2D eigenvalue weighted by Gasteiger charge is -2.36. The van der Waals surface area contributed by atoms with E-state index in [1.54, 1.807) is 39.9 Å². The van der Waals surface area contributed by atoms with Crippen molar-refractivity contribution in [3.63, 3.8) is 0 Å². The van der Waals surface area contributed by atoms with E-state index in [-0.39, 0.29) is 18.3 Å². The number of amides is 1. The summed E-state index contributed by atoms with van der Waals surface area (Å²) in [6.07, 6.45) is 2.48. The van der Waals surface area contributed by atoms with Crippen LogP contribution in [0, 0.1) is 5.82 Å². The number of carbonyl (C=O) groups excluding carboxylic acids is 2. The molecule has 5 nitrogen and oxygen atoms in total. The zero-order valence-corrected chi connectivity index (χ0v) is 12.7. The summed E-state index contributed by atoms with van der Waals surface area (Å²) < 4.78 is 14.6. The van der Waals surface area contributed by atoms with Crippen molar-refractivity contribution in [1.29, 1.82) is 0 Å². The standard InChI is InChI=1S/C17H18FN3O2/c18-14-3-5-15(6-4-14)19-8-10-20(11-9-19)17(23)12-21-7-1-2-16(21)13-22/h1-7,13H,8-12H2. The first-order valence-corrected chi connectivity index (χ1v) is 7.56. The molecule has 0 bridgehead atoms. The minimum absolute atomic E-state index is 0.00283. The number of carbonyl (C=O) groups is 2. The number of benzene rings is 1. The van der Waals surface area contributed by atoms with Crippen LogP contribution in [0.2, 0.25) is 0 Å². The number of rotatable bonds is 4. The first-order chi connectivity index (χ1) is 11.2. The molecule has 23 heavy (non-hydrogen) atoms. The van der Waals surface area contributed by atoms with Gasteiger partial charge in [0.1, 0.15) is 12.4 Å². The average Bonchev–Trinajstić information content (AvgIpc) is 3.03. The summed E-state index contributed by atoms with van der Waals surface area (Å²) >= 11 is 0. The van der Waals surface area contributed by atoms with Crippen molar-refractivity contribution < 1.29 is 14.0 Å². The van der Waals surface area contributed by atoms with Gasteiger partial charge in [-0.25, -0.2) is 4.39 Å². The Morgan fingerprint density at radius 3 is 2.43 bits per heavy atom. The number of aromatic nitrogens is 1. The molecule has 1 fully saturated rings. The lowest BCUT2D eigenvalue weighted by molar-refractivity contribution is -0.132. The highest BCUT2D eigenvalue weighted by atomic mass is 19.1. The first kappa shape index (κ1) is 15.3. The van der Waals surface area contributed by atoms with Crippen LogP contribution < -0.4 is 4.90 Å². The van der Waals surface area contributed by atoms with Crippen LogP contribution in [0.4, 0.5) is 10.1 Å². The fourth-order valence-electron chi connectivity index (χ4n) is 2.79. The number of nitrogens with zero attached hydrogens (tertiary/aromatic N) is 3. The molecule has 0 aliphatic carbocycles. The second-order valence-corrected chi connectivity index (χ2v) is 5.52. The molecule has 6 heteroatoms. The Bertz CT molecular complexity index is 688. The minimum atomic E-state index is -0.250.